The van der Waals surface area contributed by atoms with Gasteiger partial charge < -0.3 is 20.3 Å². The maximum atomic E-state index is 12.0. The van der Waals surface area contributed by atoms with Crippen LogP contribution in [0.5, 0.6) is 5.75 Å². The minimum atomic E-state index is -0.126. The van der Waals surface area contributed by atoms with Crippen molar-refractivity contribution in [2.75, 3.05) is 44.5 Å². The number of aryl methyl sites for hydroxylation is 1. The monoisotopic (exact) mass is 329 g/mol. The van der Waals surface area contributed by atoms with Crippen LogP contribution < -0.4 is 20.3 Å². The lowest BCUT2D eigenvalue weighted by atomic mass is 10.2. The number of amides is 1. The Morgan fingerprint density at radius 2 is 1.88 bits per heavy atom. The molecule has 1 aromatic carbocycles. The summed E-state index contributed by atoms with van der Waals surface area (Å²) in [7, 11) is 5.46. The molecule has 1 aromatic heterocycles. The Bertz CT molecular complexity index is 686. The molecule has 0 unspecified atom stereocenters. The number of ether oxygens (including phenoxy) is 1. The van der Waals surface area contributed by atoms with Crippen LogP contribution in [0.1, 0.15) is 16.1 Å². The first-order valence-corrected chi connectivity index (χ1v) is 7.68. The van der Waals surface area contributed by atoms with E-state index in [1.54, 1.807) is 31.4 Å². The average molecular weight is 329 g/mol. The van der Waals surface area contributed by atoms with Crippen LogP contribution in [-0.4, -0.2) is 50.2 Å². The number of nitrogens with zero attached hydrogens (tertiary/aromatic N) is 3. The molecule has 0 bridgehead atoms. The number of carbonyl (C=O) groups excluding carboxylic acids is 1. The molecule has 0 aliphatic carbocycles. The molecule has 0 radical (unpaired) electrons. The molecule has 7 heteroatoms. The number of carbonyl (C=O) groups is 1. The molecule has 2 aromatic rings. The van der Waals surface area contributed by atoms with Crippen molar-refractivity contribution in [3.05, 3.63) is 41.6 Å². The van der Waals surface area contributed by atoms with Gasteiger partial charge in [-0.25, -0.2) is 4.98 Å². The van der Waals surface area contributed by atoms with Gasteiger partial charge in [0.2, 0.25) is 5.95 Å². The van der Waals surface area contributed by atoms with E-state index in [1.165, 1.54) is 0 Å². The maximum absolute atomic E-state index is 12.0. The van der Waals surface area contributed by atoms with Crippen LogP contribution in [-0.2, 0) is 0 Å². The Hall–Kier alpha value is -2.83. The van der Waals surface area contributed by atoms with Crippen LogP contribution in [0.4, 0.5) is 11.8 Å². The minimum Gasteiger partial charge on any atom is -0.497 e. The topological polar surface area (TPSA) is 79.4 Å². The number of aromatic nitrogens is 2. The van der Waals surface area contributed by atoms with Crippen molar-refractivity contribution in [3.63, 3.8) is 0 Å². The molecule has 2 N–H and O–H groups in total. The molecule has 128 valence electrons. The number of hydrogen-bond acceptors (Lipinski definition) is 6. The molecule has 7 nitrogen and oxygen atoms in total. The lowest BCUT2D eigenvalue weighted by Gasteiger charge is -2.14. The van der Waals surface area contributed by atoms with E-state index in [1.807, 2.05) is 32.0 Å². The summed E-state index contributed by atoms with van der Waals surface area (Å²) in [6, 6.07) is 8.90. The van der Waals surface area contributed by atoms with Crippen molar-refractivity contribution >= 4 is 17.7 Å². The molecular formula is C17H23N5O2. The predicted molar refractivity (Wildman–Crippen MR) is 94.9 cm³/mol. The molecule has 2 rings (SSSR count). The van der Waals surface area contributed by atoms with Crippen molar-refractivity contribution in [2.45, 2.75) is 6.92 Å². The van der Waals surface area contributed by atoms with E-state index >= 15 is 0 Å². The second-order valence-corrected chi connectivity index (χ2v) is 5.50. The van der Waals surface area contributed by atoms with Gasteiger partial charge in [0.1, 0.15) is 11.6 Å². The van der Waals surface area contributed by atoms with E-state index in [2.05, 4.69) is 20.6 Å². The molecule has 0 saturated heterocycles. The smallest absolute Gasteiger partial charge is 0.251 e. The fraction of sp³-hybridized carbons (Fsp3) is 0.353. The zero-order valence-corrected chi connectivity index (χ0v) is 14.5. The van der Waals surface area contributed by atoms with E-state index in [0.29, 0.717) is 24.6 Å². The third-order valence-electron chi connectivity index (χ3n) is 3.34. The number of nitrogens with one attached hydrogen (secondary N) is 2. The highest BCUT2D eigenvalue weighted by Gasteiger charge is 2.06. The minimum absolute atomic E-state index is 0.126. The lowest BCUT2D eigenvalue weighted by molar-refractivity contribution is 0.0955. The molecule has 0 spiro atoms. The molecule has 0 saturated carbocycles. The first-order valence-electron chi connectivity index (χ1n) is 7.68. The normalized spacial score (nSPS) is 10.2. The zero-order chi connectivity index (χ0) is 17.5. The van der Waals surface area contributed by atoms with Crippen molar-refractivity contribution < 1.29 is 9.53 Å². The van der Waals surface area contributed by atoms with E-state index in [-0.39, 0.29) is 5.91 Å². The Labute approximate surface area is 142 Å². The summed E-state index contributed by atoms with van der Waals surface area (Å²) in [5.41, 5.74) is 1.48. The molecular weight excluding hydrogens is 306 g/mol. The number of methoxy groups -OCH3 is 1. The standard InChI is InChI=1S/C17H23N5O2/c1-12-11-15(22(2)3)21-17(20-12)19-10-9-18-16(23)13-5-7-14(24-4)8-6-13/h5-8,11H,9-10H2,1-4H3,(H,18,23)(H,19,20,21). The van der Waals surface area contributed by atoms with E-state index in [9.17, 15) is 4.79 Å². The van der Waals surface area contributed by atoms with Crippen molar-refractivity contribution in [1.82, 2.24) is 15.3 Å². The molecule has 0 atom stereocenters. The van der Waals surface area contributed by atoms with Crippen molar-refractivity contribution in [3.8, 4) is 5.75 Å². The lowest BCUT2D eigenvalue weighted by Crippen LogP contribution is -2.29. The summed E-state index contributed by atoms with van der Waals surface area (Å²) in [4.78, 5) is 22.7. The molecule has 1 heterocycles. The SMILES string of the molecule is COc1ccc(C(=O)NCCNc2nc(C)cc(N(C)C)n2)cc1. The fourth-order valence-electron chi connectivity index (χ4n) is 2.05. The summed E-state index contributed by atoms with van der Waals surface area (Å²) in [5.74, 6) is 1.99. The number of rotatable bonds is 7. The highest BCUT2D eigenvalue weighted by Crippen LogP contribution is 2.12. The molecule has 0 aliphatic rings. The maximum Gasteiger partial charge on any atom is 0.251 e. The van der Waals surface area contributed by atoms with Crippen LogP contribution >= 0.6 is 0 Å². The quantitative estimate of drug-likeness (QED) is 0.753. The molecule has 1 amide bonds. The number of benzene rings is 1. The third kappa shape index (κ3) is 4.84. The third-order valence-corrected chi connectivity index (χ3v) is 3.34. The average Bonchev–Trinajstić information content (AvgIpc) is 2.58. The van der Waals surface area contributed by atoms with Gasteiger partial charge in [-0.3, -0.25) is 4.79 Å². The van der Waals surface area contributed by atoms with Crippen LogP contribution in [0.25, 0.3) is 0 Å². The van der Waals surface area contributed by atoms with Gasteiger partial charge in [0, 0.05) is 44.5 Å². The zero-order valence-electron chi connectivity index (χ0n) is 14.5. The second-order valence-electron chi connectivity index (χ2n) is 5.50. The van der Waals surface area contributed by atoms with Gasteiger partial charge in [0.05, 0.1) is 7.11 Å². The van der Waals surface area contributed by atoms with Gasteiger partial charge in [-0.15, -0.1) is 0 Å². The summed E-state index contributed by atoms with van der Waals surface area (Å²) < 4.78 is 5.07. The number of hydrogen-bond donors (Lipinski definition) is 2. The Kier molecular flexibility index (Phi) is 5.95. The van der Waals surface area contributed by atoms with Gasteiger partial charge in [-0.1, -0.05) is 0 Å². The molecule has 0 aliphatic heterocycles. The first-order chi connectivity index (χ1) is 11.5. The van der Waals surface area contributed by atoms with E-state index < -0.39 is 0 Å². The van der Waals surface area contributed by atoms with Crippen LogP contribution in [0, 0.1) is 6.92 Å². The van der Waals surface area contributed by atoms with Gasteiger partial charge in [0.15, 0.2) is 0 Å². The van der Waals surface area contributed by atoms with Crippen molar-refractivity contribution in [2.24, 2.45) is 0 Å². The van der Waals surface area contributed by atoms with E-state index in [0.717, 1.165) is 17.3 Å². The second kappa shape index (κ2) is 8.14. The Morgan fingerprint density at radius 1 is 1.17 bits per heavy atom. The van der Waals surface area contributed by atoms with Crippen LogP contribution in [0.15, 0.2) is 30.3 Å². The van der Waals surface area contributed by atoms with Gasteiger partial charge >= 0.3 is 0 Å². The Morgan fingerprint density at radius 3 is 2.50 bits per heavy atom. The molecule has 24 heavy (non-hydrogen) atoms. The summed E-state index contributed by atoms with van der Waals surface area (Å²) >= 11 is 0. The summed E-state index contributed by atoms with van der Waals surface area (Å²) in [5, 5.41) is 5.97. The van der Waals surface area contributed by atoms with Crippen molar-refractivity contribution in [1.29, 1.82) is 0 Å². The van der Waals surface area contributed by atoms with Crippen LogP contribution in [0.3, 0.4) is 0 Å². The largest absolute Gasteiger partial charge is 0.497 e. The van der Waals surface area contributed by atoms with E-state index in [4.69, 9.17) is 4.74 Å². The Balaban J connectivity index is 1.83. The number of anilines is 2. The highest BCUT2D eigenvalue weighted by molar-refractivity contribution is 5.94. The van der Waals surface area contributed by atoms with Gasteiger partial charge in [0.25, 0.3) is 5.91 Å². The first kappa shape index (κ1) is 17.5. The fourth-order valence-corrected chi connectivity index (χ4v) is 2.05. The summed E-state index contributed by atoms with van der Waals surface area (Å²) in [6.45, 7) is 2.93. The predicted octanol–water partition coefficient (Wildman–Crippen LogP) is 1.70. The van der Waals surface area contributed by atoms with Gasteiger partial charge in [-0.05, 0) is 31.2 Å². The summed E-state index contributed by atoms with van der Waals surface area (Å²) in [6.07, 6.45) is 0. The van der Waals surface area contributed by atoms with Gasteiger partial charge in [-0.2, -0.15) is 4.98 Å². The molecule has 0 fully saturated rings. The highest BCUT2D eigenvalue weighted by atomic mass is 16.5. The van der Waals surface area contributed by atoms with Crippen LogP contribution in [0.2, 0.25) is 0 Å².